The van der Waals surface area contributed by atoms with Crippen molar-refractivity contribution < 1.29 is 37.9 Å². The molecule has 5 rings (SSSR count). The van der Waals surface area contributed by atoms with Crippen LogP contribution in [0.2, 0.25) is 5.02 Å². The predicted octanol–water partition coefficient (Wildman–Crippen LogP) is 3.42. The summed E-state index contributed by atoms with van der Waals surface area (Å²) in [7, 11) is 0. The molecule has 1 aromatic carbocycles. The van der Waals surface area contributed by atoms with Crippen LogP contribution < -0.4 is 16.0 Å². The number of carbonyl (C=O) groups excluding carboxylic acids is 5. The third kappa shape index (κ3) is 9.16. The van der Waals surface area contributed by atoms with Gasteiger partial charge in [-0.3, -0.25) is 24.0 Å². The fourth-order valence-corrected chi connectivity index (χ4v) is 6.94. The summed E-state index contributed by atoms with van der Waals surface area (Å²) in [5, 5.41) is 12.8. The van der Waals surface area contributed by atoms with Gasteiger partial charge < -0.3 is 30.4 Å². The van der Waals surface area contributed by atoms with Gasteiger partial charge in [0.25, 0.3) is 5.91 Å². The summed E-state index contributed by atoms with van der Waals surface area (Å²) in [6, 6.07) is 0.788. The molecule has 268 valence electrons. The molecule has 12 nitrogen and oxygen atoms in total. The fraction of sp³-hybridized carbons (Fsp3) is 0.657. The predicted molar refractivity (Wildman–Crippen MR) is 179 cm³/mol. The minimum absolute atomic E-state index is 0.00874. The van der Waals surface area contributed by atoms with Crippen molar-refractivity contribution in [2.45, 2.75) is 115 Å². The van der Waals surface area contributed by atoms with E-state index in [0.29, 0.717) is 30.9 Å². The fourth-order valence-electron chi connectivity index (χ4n) is 6.72. The SMILES string of the molecule is CCC[C@H](NC(=O)[C@@H]1C[C@]2(CC(c3cc(F)cc(Cl)c3)=NO2)CN1C(=O)[C@@H](NC(=O)CC1CCOCC1)C(C)(C)C)C(=O)C(=O)NC1CC1. The van der Waals surface area contributed by atoms with Crippen molar-refractivity contribution in [1.29, 1.82) is 0 Å². The number of likely N-dealkylation sites (tertiary alicyclic amines) is 1. The highest BCUT2D eigenvalue weighted by Crippen LogP contribution is 2.40. The van der Waals surface area contributed by atoms with Gasteiger partial charge in [-0.25, -0.2) is 4.39 Å². The van der Waals surface area contributed by atoms with E-state index in [0.717, 1.165) is 25.7 Å². The number of carbonyl (C=O) groups is 5. The zero-order chi connectivity index (χ0) is 35.5. The molecule has 0 bridgehead atoms. The minimum Gasteiger partial charge on any atom is -0.387 e. The molecule has 2 saturated heterocycles. The summed E-state index contributed by atoms with van der Waals surface area (Å²) < 4.78 is 19.7. The van der Waals surface area contributed by atoms with Gasteiger partial charge in [0.15, 0.2) is 5.60 Å². The zero-order valence-electron chi connectivity index (χ0n) is 28.6. The molecule has 49 heavy (non-hydrogen) atoms. The number of amides is 4. The van der Waals surface area contributed by atoms with Gasteiger partial charge in [0, 0.05) is 49.1 Å². The summed E-state index contributed by atoms with van der Waals surface area (Å²) in [6.45, 7) is 8.45. The van der Waals surface area contributed by atoms with Crippen LogP contribution in [0.3, 0.4) is 0 Å². The Bertz CT molecular complexity index is 1470. The normalized spacial score (nSPS) is 23.8. The molecule has 0 aromatic heterocycles. The Kier molecular flexibility index (Phi) is 11.3. The summed E-state index contributed by atoms with van der Waals surface area (Å²) in [6.07, 6.45) is 4.27. The van der Waals surface area contributed by atoms with Gasteiger partial charge in [0.1, 0.15) is 17.9 Å². The lowest BCUT2D eigenvalue weighted by Crippen LogP contribution is -2.59. The highest BCUT2D eigenvalue weighted by Gasteiger charge is 2.55. The minimum atomic E-state index is -1.14. The summed E-state index contributed by atoms with van der Waals surface area (Å²) in [5.41, 5.74) is -1.07. The second kappa shape index (κ2) is 15.1. The first-order valence-corrected chi connectivity index (χ1v) is 17.6. The van der Waals surface area contributed by atoms with Crippen molar-refractivity contribution in [3.63, 3.8) is 0 Å². The van der Waals surface area contributed by atoms with Crippen molar-refractivity contribution in [2.75, 3.05) is 19.8 Å². The molecule has 0 radical (unpaired) electrons. The van der Waals surface area contributed by atoms with Gasteiger partial charge in [0.05, 0.1) is 18.3 Å². The van der Waals surface area contributed by atoms with Gasteiger partial charge >= 0.3 is 0 Å². The first-order valence-electron chi connectivity index (χ1n) is 17.2. The molecule has 1 spiro atoms. The molecule has 4 amide bonds. The number of halogens is 2. The van der Waals surface area contributed by atoms with Gasteiger partial charge in [-0.05, 0) is 61.6 Å². The molecular formula is C35H47ClFN5O7. The van der Waals surface area contributed by atoms with E-state index in [-0.39, 0.29) is 55.1 Å². The van der Waals surface area contributed by atoms with Gasteiger partial charge in [-0.1, -0.05) is 50.9 Å². The second-order valence-electron chi connectivity index (χ2n) is 14.9. The molecule has 3 heterocycles. The highest BCUT2D eigenvalue weighted by atomic mass is 35.5. The van der Waals surface area contributed by atoms with Crippen molar-refractivity contribution in [3.8, 4) is 0 Å². The van der Waals surface area contributed by atoms with Crippen molar-refractivity contribution >= 4 is 46.7 Å². The average molecular weight is 704 g/mol. The maximum Gasteiger partial charge on any atom is 0.289 e. The Morgan fingerprint density at radius 1 is 1.08 bits per heavy atom. The van der Waals surface area contributed by atoms with Crippen LogP contribution in [0.1, 0.15) is 91.0 Å². The smallest absolute Gasteiger partial charge is 0.289 e. The lowest BCUT2D eigenvalue weighted by Gasteiger charge is -2.36. The van der Waals surface area contributed by atoms with E-state index < -0.39 is 58.5 Å². The van der Waals surface area contributed by atoms with Crippen LogP contribution in [-0.4, -0.2) is 89.6 Å². The van der Waals surface area contributed by atoms with Crippen LogP contribution in [0.15, 0.2) is 23.4 Å². The van der Waals surface area contributed by atoms with E-state index in [9.17, 15) is 28.4 Å². The number of benzene rings is 1. The summed E-state index contributed by atoms with van der Waals surface area (Å²) >= 11 is 6.10. The molecule has 3 N–H and O–H groups in total. The number of nitrogens with one attached hydrogen (secondary N) is 3. The molecule has 1 aromatic rings. The standard InChI is InChI=1S/C35H47ClFN5O7/c1-5-6-25(29(44)32(46)38-24-7-8-24)39-31(45)27-18-35(17-26(41-49-35)21-14-22(36)16-23(37)15-21)19-42(27)33(47)30(34(2,3)4)40-28(43)13-20-9-11-48-12-10-20/h14-16,20,24-25,27,30H,5-13,17-19H2,1-4H3,(H,38,46)(H,39,45)(H,40,43)/t25-,27-,30+,35+/m0/s1. The molecule has 0 unspecified atom stereocenters. The van der Waals surface area contributed by atoms with Gasteiger partial charge in [-0.15, -0.1) is 0 Å². The average Bonchev–Trinajstić information content (AvgIpc) is 3.63. The quantitative estimate of drug-likeness (QED) is 0.282. The topological polar surface area (TPSA) is 156 Å². The number of hydrogen-bond donors (Lipinski definition) is 3. The van der Waals surface area contributed by atoms with Crippen molar-refractivity contribution in [1.82, 2.24) is 20.9 Å². The third-order valence-corrected chi connectivity index (χ3v) is 9.82. The van der Waals surface area contributed by atoms with Gasteiger partial charge in [-0.2, -0.15) is 0 Å². The number of rotatable bonds is 12. The Hall–Kier alpha value is -3.58. The van der Waals surface area contributed by atoms with E-state index in [1.807, 2.05) is 27.7 Å². The molecule has 3 fully saturated rings. The van der Waals surface area contributed by atoms with E-state index in [1.165, 1.54) is 17.0 Å². The lowest BCUT2D eigenvalue weighted by atomic mass is 9.85. The largest absolute Gasteiger partial charge is 0.387 e. The summed E-state index contributed by atoms with van der Waals surface area (Å²) in [4.78, 5) is 75.0. The Morgan fingerprint density at radius 3 is 2.43 bits per heavy atom. The number of ketones is 1. The van der Waals surface area contributed by atoms with E-state index in [1.54, 1.807) is 6.07 Å². The Morgan fingerprint density at radius 2 is 1.80 bits per heavy atom. The zero-order valence-corrected chi connectivity index (χ0v) is 29.4. The molecule has 14 heteroatoms. The third-order valence-electron chi connectivity index (χ3n) is 9.60. The molecule has 3 aliphatic heterocycles. The number of Topliss-reactive ketones (excluding diaryl/α,β-unsaturated/α-hetero) is 1. The Labute approximate surface area is 291 Å². The molecule has 4 aliphatic rings. The molecule has 4 atom stereocenters. The lowest BCUT2D eigenvalue weighted by molar-refractivity contribution is -0.145. The number of nitrogens with zero attached hydrogens (tertiary/aromatic N) is 2. The van der Waals surface area contributed by atoms with Crippen molar-refractivity contribution in [2.24, 2.45) is 16.5 Å². The van der Waals surface area contributed by atoms with Gasteiger partial charge in [0.2, 0.25) is 23.5 Å². The maximum absolute atomic E-state index is 14.5. The second-order valence-corrected chi connectivity index (χ2v) is 15.4. The first kappa shape index (κ1) is 36.7. The molecule has 1 aliphatic carbocycles. The van der Waals surface area contributed by atoms with E-state index in [2.05, 4.69) is 21.1 Å². The maximum atomic E-state index is 14.5. The number of oxime groups is 1. The number of hydrogen-bond acceptors (Lipinski definition) is 8. The van der Waals surface area contributed by atoms with E-state index in [4.69, 9.17) is 21.2 Å². The van der Waals surface area contributed by atoms with E-state index >= 15 is 0 Å². The van der Waals surface area contributed by atoms with Crippen molar-refractivity contribution in [3.05, 3.63) is 34.6 Å². The Balaban J connectivity index is 1.39. The van der Waals surface area contributed by atoms with Crippen LogP contribution in [0.5, 0.6) is 0 Å². The first-order chi connectivity index (χ1) is 23.2. The van der Waals surface area contributed by atoms with Crippen LogP contribution in [0, 0.1) is 17.2 Å². The molecule has 1 saturated carbocycles. The molecular weight excluding hydrogens is 657 g/mol. The monoisotopic (exact) mass is 703 g/mol. The highest BCUT2D eigenvalue weighted by molar-refractivity contribution is 6.38. The summed E-state index contributed by atoms with van der Waals surface area (Å²) in [5.74, 6) is -3.27. The van der Waals surface area contributed by atoms with Crippen LogP contribution >= 0.6 is 11.6 Å². The van der Waals surface area contributed by atoms with Crippen LogP contribution in [0.4, 0.5) is 4.39 Å². The van der Waals surface area contributed by atoms with Crippen LogP contribution in [-0.2, 0) is 33.5 Å². The number of ether oxygens (including phenoxy) is 1. The van der Waals surface area contributed by atoms with Crippen LogP contribution in [0.25, 0.3) is 0 Å².